The lowest BCUT2D eigenvalue weighted by Gasteiger charge is -2.48. The molecule has 19 nitrogen and oxygen atoms in total. The quantitative estimate of drug-likeness (QED) is 0.0199. The van der Waals surface area contributed by atoms with Gasteiger partial charge in [0.2, 0.25) is 5.91 Å². The molecule has 0 saturated carbocycles. The van der Waals surface area contributed by atoms with Crippen LogP contribution in [0.15, 0.2) is 85.1 Å². The van der Waals surface area contributed by atoms with Crippen LogP contribution < -0.4 is 5.32 Å². The van der Waals surface area contributed by atoms with Gasteiger partial charge in [-0.05, 0) is 83.5 Å². The van der Waals surface area contributed by atoms with E-state index in [1.807, 2.05) is 6.08 Å². The second-order valence-corrected chi connectivity index (χ2v) is 27.1. The van der Waals surface area contributed by atoms with E-state index in [2.05, 4.69) is 92.1 Å². The predicted molar refractivity (Wildman–Crippen MR) is 383 cm³/mol. The molecule has 562 valence electrons. The van der Waals surface area contributed by atoms with Crippen LogP contribution in [0.2, 0.25) is 0 Å². The summed E-state index contributed by atoms with van der Waals surface area (Å²) >= 11 is 0. The number of allylic oxidation sites excluding steroid dienone is 13. The zero-order valence-corrected chi connectivity index (χ0v) is 59.8. The number of hydrogen-bond donors (Lipinski definition) is 12. The van der Waals surface area contributed by atoms with Gasteiger partial charge in [0.15, 0.2) is 18.9 Å². The van der Waals surface area contributed by atoms with Gasteiger partial charge in [0, 0.05) is 6.42 Å². The third-order valence-electron chi connectivity index (χ3n) is 18.7. The van der Waals surface area contributed by atoms with Gasteiger partial charge in [-0.1, -0.05) is 266 Å². The highest BCUT2D eigenvalue weighted by Gasteiger charge is 2.53. The summed E-state index contributed by atoms with van der Waals surface area (Å²) in [7, 11) is 0. The summed E-state index contributed by atoms with van der Waals surface area (Å²) < 4.78 is 34.4. The van der Waals surface area contributed by atoms with Crippen LogP contribution in [0.25, 0.3) is 0 Å². The van der Waals surface area contributed by atoms with Crippen LogP contribution in [0.3, 0.4) is 0 Å². The molecule has 3 heterocycles. The van der Waals surface area contributed by atoms with E-state index >= 15 is 0 Å². The minimum Gasteiger partial charge on any atom is -0.394 e. The van der Waals surface area contributed by atoms with Gasteiger partial charge in [-0.25, -0.2) is 0 Å². The maximum absolute atomic E-state index is 13.4. The molecule has 3 fully saturated rings. The van der Waals surface area contributed by atoms with Gasteiger partial charge in [-0.3, -0.25) is 4.79 Å². The molecule has 0 aromatic carbocycles. The van der Waals surface area contributed by atoms with Crippen molar-refractivity contribution < 1.29 is 89.4 Å². The summed E-state index contributed by atoms with van der Waals surface area (Å²) in [6.45, 7) is 1.60. The highest BCUT2D eigenvalue weighted by Crippen LogP contribution is 2.33. The molecule has 3 aliphatic heterocycles. The summed E-state index contributed by atoms with van der Waals surface area (Å²) in [6.07, 6.45) is 50.0. The standard InChI is InChI=1S/C78H137NO18/c1-3-5-7-9-11-13-15-17-19-21-23-25-26-27-28-29-30-31-32-33-34-36-37-39-41-43-45-47-49-51-53-55-62(83)61(79-66(84)56-54-52-50-48-46-44-42-40-38-35-24-22-20-18-16-14-12-10-8-6-4-2)60-92-76-72(90)69(87)74(64(58-81)94-76)97-78-73(91)70(88)75(65(59-82)95-78)96-77-71(89)68(86)67(85)63(57-80)93-77/h6,8,12,14,18,20,24,35,37,39,45,47,53,55,61-65,67-78,80-83,85-91H,3-5,7,9-11,13,15-17,19,21-23,25-34,36,38,40-44,46,48-52,54,56-60H2,1-2H3,(H,79,84)/b8-6-,14-12-,20-18-,35-24-,39-37+,47-45+,55-53+. The molecule has 17 unspecified atom stereocenters. The summed E-state index contributed by atoms with van der Waals surface area (Å²) in [5.41, 5.74) is 0. The van der Waals surface area contributed by atoms with Crippen LogP contribution in [0.1, 0.15) is 271 Å². The van der Waals surface area contributed by atoms with Crippen molar-refractivity contribution in [3.63, 3.8) is 0 Å². The van der Waals surface area contributed by atoms with Crippen molar-refractivity contribution in [1.82, 2.24) is 5.32 Å². The summed E-state index contributed by atoms with van der Waals surface area (Å²) in [5.74, 6) is -0.299. The van der Waals surface area contributed by atoms with E-state index in [4.69, 9.17) is 28.4 Å². The first-order valence-corrected chi connectivity index (χ1v) is 38.3. The fourth-order valence-electron chi connectivity index (χ4n) is 12.5. The van der Waals surface area contributed by atoms with Gasteiger partial charge in [0.1, 0.15) is 73.2 Å². The van der Waals surface area contributed by atoms with Crippen molar-refractivity contribution >= 4 is 5.91 Å². The predicted octanol–water partition coefficient (Wildman–Crippen LogP) is 11.8. The average molecular weight is 1380 g/mol. The fraction of sp³-hybridized carbons (Fsp3) is 0.808. The first-order chi connectivity index (χ1) is 47.3. The molecule has 0 radical (unpaired) electrons. The molecule has 0 aliphatic carbocycles. The third kappa shape index (κ3) is 39.3. The summed E-state index contributed by atoms with van der Waals surface area (Å²) in [4.78, 5) is 13.4. The molecular weight excluding hydrogens is 1240 g/mol. The van der Waals surface area contributed by atoms with E-state index in [0.29, 0.717) is 12.8 Å². The minimum atomic E-state index is -1.99. The molecule has 12 N–H and O–H groups in total. The molecule has 1 amide bonds. The summed E-state index contributed by atoms with van der Waals surface area (Å²) in [6, 6.07) is -1.01. The van der Waals surface area contributed by atoms with E-state index in [9.17, 15) is 61.0 Å². The van der Waals surface area contributed by atoms with Crippen molar-refractivity contribution in [2.24, 2.45) is 0 Å². The van der Waals surface area contributed by atoms with Gasteiger partial charge in [0.05, 0.1) is 38.6 Å². The number of aliphatic hydroxyl groups is 11. The SMILES string of the molecule is CC/C=C\C/C=C\C/C=C\C/C=C\CCCCCCCCCCC(=O)NC(COC1OC(CO)C(OC2OC(CO)C(OC3OC(CO)C(O)C(O)C3O)C(O)C2O)C(O)C1O)C(O)/C=C/CC/C=C/CC/C=C/CCCCCCCCCCCCCCCCCCCCCCC. The van der Waals surface area contributed by atoms with E-state index in [1.165, 1.54) is 148 Å². The lowest BCUT2D eigenvalue weighted by Crippen LogP contribution is -2.66. The monoisotopic (exact) mass is 1380 g/mol. The zero-order chi connectivity index (χ0) is 70.4. The molecule has 3 rings (SSSR count). The van der Waals surface area contributed by atoms with Crippen molar-refractivity contribution in [3.05, 3.63) is 85.1 Å². The maximum Gasteiger partial charge on any atom is 0.220 e. The van der Waals surface area contributed by atoms with E-state index in [1.54, 1.807) is 6.08 Å². The topological polar surface area (TPSA) is 307 Å². The number of nitrogens with one attached hydrogen (secondary N) is 1. The Morgan fingerprint density at radius 2 is 0.722 bits per heavy atom. The smallest absolute Gasteiger partial charge is 0.220 e. The number of amides is 1. The lowest BCUT2D eigenvalue weighted by atomic mass is 9.96. The largest absolute Gasteiger partial charge is 0.394 e. The number of rotatable bonds is 59. The van der Waals surface area contributed by atoms with Gasteiger partial charge in [-0.15, -0.1) is 0 Å². The fourth-order valence-corrected chi connectivity index (χ4v) is 12.5. The maximum atomic E-state index is 13.4. The molecule has 0 bridgehead atoms. The molecule has 3 aliphatic rings. The van der Waals surface area contributed by atoms with Gasteiger partial charge >= 0.3 is 0 Å². The Hall–Kier alpha value is -3.03. The van der Waals surface area contributed by atoms with E-state index < -0.39 is 124 Å². The number of ether oxygens (including phenoxy) is 6. The van der Waals surface area contributed by atoms with Crippen molar-refractivity contribution in [3.8, 4) is 0 Å². The third-order valence-corrected chi connectivity index (χ3v) is 18.7. The highest BCUT2D eigenvalue weighted by atomic mass is 16.8. The first-order valence-electron chi connectivity index (χ1n) is 38.3. The molecule has 0 spiro atoms. The van der Waals surface area contributed by atoms with Crippen LogP contribution >= 0.6 is 0 Å². The van der Waals surface area contributed by atoms with Crippen molar-refractivity contribution in [1.29, 1.82) is 0 Å². The Balaban J connectivity index is 1.41. The van der Waals surface area contributed by atoms with E-state index in [0.717, 1.165) is 89.9 Å². The Morgan fingerprint density at radius 3 is 1.15 bits per heavy atom. The molecule has 0 aromatic heterocycles. The minimum absolute atomic E-state index is 0.218. The number of carbonyl (C=O) groups excluding carboxylic acids is 1. The van der Waals surface area contributed by atoms with Crippen LogP contribution in [0.5, 0.6) is 0 Å². The highest BCUT2D eigenvalue weighted by molar-refractivity contribution is 5.76. The number of unbranched alkanes of at least 4 members (excludes halogenated alkanes) is 31. The molecule has 3 saturated heterocycles. The van der Waals surface area contributed by atoms with Gasteiger partial charge in [0.25, 0.3) is 0 Å². The van der Waals surface area contributed by atoms with Crippen LogP contribution in [0, 0.1) is 0 Å². The first kappa shape index (κ1) is 88.2. The molecule has 0 aromatic rings. The number of carbonyl (C=O) groups is 1. The van der Waals surface area contributed by atoms with E-state index in [-0.39, 0.29) is 18.9 Å². The van der Waals surface area contributed by atoms with Crippen LogP contribution in [-0.4, -0.2) is 193 Å². The summed E-state index contributed by atoms with van der Waals surface area (Å²) in [5, 5.41) is 121. The van der Waals surface area contributed by atoms with Crippen molar-refractivity contribution in [2.45, 2.75) is 375 Å². The second-order valence-electron chi connectivity index (χ2n) is 27.1. The Labute approximate surface area is 584 Å². The van der Waals surface area contributed by atoms with Crippen LogP contribution in [-0.2, 0) is 33.2 Å². The molecular formula is C78H137NO18. The molecule has 17 atom stereocenters. The average Bonchev–Trinajstić information content (AvgIpc) is 0.789. The van der Waals surface area contributed by atoms with Gasteiger partial charge < -0.3 is 89.9 Å². The van der Waals surface area contributed by atoms with Crippen LogP contribution in [0.4, 0.5) is 0 Å². The molecule has 19 heteroatoms. The molecule has 97 heavy (non-hydrogen) atoms. The Bertz CT molecular complexity index is 2080. The normalized spacial score (nSPS) is 27.4. The Kier molecular flexibility index (Phi) is 53.2. The van der Waals surface area contributed by atoms with Crippen molar-refractivity contribution in [2.75, 3.05) is 26.4 Å². The second kappa shape index (κ2) is 58.5. The zero-order valence-electron chi connectivity index (χ0n) is 59.8. The number of hydrogen-bond acceptors (Lipinski definition) is 18. The lowest BCUT2D eigenvalue weighted by molar-refractivity contribution is -0.379. The Morgan fingerprint density at radius 1 is 0.381 bits per heavy atom. The van der Waals surface area contributed by atoms with Gasteiger partial charge in [-0.2, -0.15) is 0 Å². The number of aliphatic hydroxyl groups excluding tert-OH is 11.